The molecule has 0 aliphatic rings. The molecule has 7 nitrogen and oxygen atoms in total. The van der Waals surface area contributed by atoms with E-state index in [4.69, 9.17) is 5.73 Å². The van der Waals surface area contributed by atoms with E-state index in [2.05, 4.69) is 10.3 Å². The van der Waals surface area contributed by atoms with Crippen LogP contribution in [0.25, 0.3) is 10.8 Å². The molecule has 0 bridgehead atoms. The van der Waals surface area contributed by atoms with E-state index in [1.54, 1.807) is 30.3 Å². The largest absolute Gasteiger partial charge is 0.363 e. The maximum atomic E-state index is 12.8. The van der Waals surface area contributed by atoms with Crippen molar-refractivity contribution in [3.63, 3.8) is 0 Å². The van der Waals surface area contributed by atoms with Gasteiger partial charge >= 0.3 is 0 Å². The molecule has 4 rings (SSSR count). The molecule has 0 radical (unpaired) electrons. The third kappa shape index (κ3) is 5.41. The molecule has 0 aliphatic carbocycles. The summed E-state index contributed by atoms with van der Waals surface area (Å²) >= 11 is 1.18. The number of nitrogens with one attached hydrogen (secondary N) is 1. The Kier molecular flexibility index (Phi) is 6.89. The summed E-state index contributed by atoms with van der Waals surface area (Å²) in [4.78, 5) is 53.5. The normalized spacial score (nSPS) is 11.6. The summed E-state index contributed by atoms with van der Waals surface area (Å²) in [6, 6.07) is 21.1. The first-order valence-corrected chi connectivity index (χ1v) is 11.4. The number of ketones is 2. The zero-order valence-corrected chi connectivity index (χ0v) is 18.9. The fourth-order valence-electron chi connectivity index (χ4n) is 3.56. The van der Waals surface area contributed by atoms with Crippen molar-refractivity contribution in [1.29, 1.82) is 0 Å². The molecule has 3 aromatic carbocycles. The van der Waals surface area contributed by atoms with Gasteiger partial charge in [0.25, 0.3) is 11.8 Å². The van der Waals surface area contributed by atoms with Gasteiger partial charge in [-0.1, -0.05) is 66.7 Å². The van der Waals surface area contributed by atoms with Crippen LogP contribution in [0.4, 0.5) is 0 Å². The van der Waals surface area contributed by atoms with E-state index < -0.39 is 23.6 Å². The Morgan fingerprint density at radius 1 is 0.912 bits per heavy atom. The average molecular weight is 472 g/mol. The summed E-state index contributed by atoms with van der Waals surface area (Å²) in [5.41, 5.74) is 6.56. The number of Topliss-reactive ketones (excluding diaryl/α,β-unsaturated/α-hetero) is 2. The second-order valence-corrected chi connectivity index (χ2v) is 8.68. The summed E-state index contributed by atoms with van der Waals surface area (Å²) in [6.07, 6.45) is 0.162. The van der Waals surface area contributed by atoms with Crippen molar-refractivity contribution in [3.8, 4) is 0 Å². The number of nitrogens with zero attached hydrogens (tertiary/aromatic N) is 1. The molecule has 3 N–H and O–H groups in total. The lowest BCUT2D eigenvalue weighted by Gasteiger charge is -2.15. The van der Waals surface area contributed by atoms with Gasteiger partial charge in [0.15, 0.2) is 5.78 Å². The summed E-state index contributed by atoms with van der Waals surface area (Å²) in [5, 5.41) is 6.56. The Morgan fingerprint density at radius 3 is 2.35 bits per heavy atom. The van der Waals surface area contributed by atoms with Gasteiger partial charge in [-0.05, 0) is 22.4 Å². The van der Waals surface area contributed by atoms with Crippen LogP contribution in [-0.2, 0) is 22.4 Å². The molecule has 34 heavy (non-hydrogen) atoms. The molecule has 0 saturated heterocycles. The number of aromatic nitrogens is 1. The van der Waals surface area contributed by atoms with Crippen molar-refractivity contribution < 1.29 is 19.2 Å². The second kappa shape index (κ2) is 10.2. The van der Waals surface area contributed by atoms with Crippen LogP contribution in [0.2, 0.25) is 0 Å². The highest BCUT2D eigenvalue weighted by Gasteiger charge is 2.26. The van der Waals surface area contributed by atoms with Crippen LogP contribution < -0.4 is 11.1 Å². The van der Waals surface area contributed by atoms with E-state index in [0.717, 1.165) is 16.3 Å². The third-order valence-electron chi connectivity index (χ3n) is 5.31. The Bertz CT molecular complexity index is 1380. The topological polar surface area (TPSA) is 119 Å². The van der Waals surface area contributed by atoms with Crippen molar-refractivity contribution in [2.24, 2.45) is 5.73 Å². The van der Waals surface area contributed by atoms with E-state index in [0.29, 0.717) is 10.6 Å². The Balaban J connectivity index is 1.45. The lowest BCUT2D eigenvalue weighted by Crippen LogP contribution is -2.47. The summed E-state index contributed by atoms with van der Waals surface area (Å²) in [6.45, 7) is 0. The first-order valence-electron chi connectivity index (χ1n) is 10.6. The van der Waals surface area contributed by atoms with Crippen molar-refractivity contribution in [2.45, 2.75) is 18.9 Å². The third-order valence-corrected chi connectivity index (χ3v) is 6.16. The van der Waals surface area contributed by atoms with Gasteiger partial charge < -0.3 is 11.1 Å². The lowest BCUT2D eigenvalue weighted by atomic mass is 10.0. The van der Waals surface area contributed by atoms with Crippen molar-refractivity contribution >= 4 is 45.5 Å². The van der Waals surface area contributed by atoms with Crippen LogP contribution in [0, 0.1) is 0 Å². The summed E-state index contributed by atoms with van der Waals surface area (Å²) < 4.78 is 0. The van der Waals surface area contributed by atoms with E-state index in [9.17, 15) is 19.2 Å². The van der Waals surface area contributed by atoms with Crippen LogP contribution in [-0.4, -0.2) is 34.4 Å². The monoisotopic (exact) mass is 471 g/mol. The average Bonchev–Trinajstić information content (AvgIpc) is 3.32. The van der Waals surface area contributed by atoms with Crippen LogP contribution in [0.3, 0.4) is 0 Å². The number of primary amides is 1. The fraction of sp³-hybridized carbons (Fsp3) is 0.115. The fourth-order valence-corrected chi connectivity index (χ4v) is 4.33. The minimum atomic E-state index is -1.12. The van der Waals surface area contributed by atoms with Crippen molar-refractivity contribution in [3.05, 3.63) is 100 Å². The van der Waals surface area contributed by atoms with Crippen LogP contribution in [0.15, 0.2) is 78.2 Å². The predicted molar refractivity (Wildman–Crippen MR) is 130 cm³/mol. The number of benzene rings is 3. The van der Waals surface area contributed by atoms with Gasteiger partial charge in [0.1, 0.15) is 16.7 Å². The zero-order valence-electron chi connectivity index (χ0n) is 18.1. The number of hydrogen-bond acceptors (Lipinski definition) is 6. The number of fused-ring (bicyclic) bond motifs is 1. The Morgan fingerprint density at radius 2 is 1.62 bits per heavy atom. The number of rotatable bonds is 9. The number of amides is 2. The molecule has 170 valence electrons. The Labute approximate surface area is 199 Å². The van der Waals surface area contributed by atoms with E-state index >= 15 is 0 Å². The molecule has 4 aromatic rings. The first-order chi connectivity index (χ1) is 16.4. The molecule has 8 heteroatoms. The number of thiazole rings is 1. The molecule has 0 saturated carbocycles. The van der Waals surface area contributed by atoms with E-state index in [1.165, 1.54) is 16.7 Å². The number of nitrogens with two attached hydrogens (primary N) is 1. The molecule has 1 unspecified atom stereocenters. The van der Waals surface area contributed by atoms with E-state index in [1.807, 2.05) is 42.5 Å². The molecule has 1 aromatic heterocycles. The molecule has 0 spiro atoms. The van der Waals surface area contributed by atoms with Gasteiger partial charge in [0.05, 0.1) is 6.42 Å². The highest BCUT2D eigenvalue weighted by Crippen LogP contribution is 2.19. The maximum absolute atomic E-state index is 12.8. The molecular weight excluding hydrogens is 450 g/mol. The predicted octanol–water partition coefficient (Wildman–Crippen LogP) is 3.12. The molecule has 1 atom stereocenters. The number of hydrogen-bond donors (Lipinski definition) is 2. The minimum absolute atomic E-state index is 0.0456. The molecule has 1 heterocycles. The molecule has 2 amide bonds. The van der Waals surface area contributed by atoms with Gasteiger partial charge in [-0.2, -0.15) is 0 Å². The number of carbonyl (C=O) groups is 4. The molecule has 0 fully saturated rings. The molecule has 0 aliphatic heterocycles. The SMILES string of the molecule is NC(=O)C(=O)C(Cc1ccccc1)NC(=O)c1csc(CC(=O)c2ccc3ccccc3c2)n1. The maximum Gasteiger partial charge on any atom is 0.287 e. The molecular formula is C26H21N3O4S. The van der Waals surface area contributed by atoms with Crippen molar-refractivity contribution in [1.82, 2.24) is 10.3 Å². The zero-order chi connectivity index (χ0) is 24.1. The Hall–Kier alpha value is -4.17. The standard InChI is InChI=1S/C26H21N3O4S/c27-25(32)24(31)20(12-16-6-2-1-3-7-16)29-26(33)21-15-34-23(28-21)14-22(30)19-11-10-17-8-4-5-9-18(17)13-19/h1-11,13,15,20H,12,14H2,(H2,27,32)(H,29,33). The summed E-state index contributed by atoms with van der Waals surface area (Å²) in [7, 11) is 0. The van der Waals surface area contributed by atoms with Gasteiger partial charge in [-0.25, -0.2) is 4.98 Å². The van der Waals surface area contributed by atoms with Crippen LogP contribution in [0.1, 0.15) is 31.4 Å². The minimum Gasteiger partial charge on any atom is -0.363 e. The highest BCUT2D eigenvalue weighted by molar-refractivity contribution is 7.10. The van der Waals surface area contributed by atoms with Crippen LogP contribution >= 0.6 is 11.3 Å². The summed E-state index contributed by atoms with van der Waals surface area (Å²) in [5.74, 6) is -2.74. The quantitative estimate of drug-likeness (QED) is 0.287. The highest BCUT2D eigenvalue weighted by atomic mass is 32.1. The smallest absolute Gasteiger partial charge is 0.287 e. The lowest BCUT2D eigenvalue weighted by molar-refractivity contribution is -0.137. The van der Waals surface area contributed by atoms with Gasteiger partial charge in [-0.3, -0.25) is 19.2 Å². The van der Waals surface area contributed by atoms with Gasteiger partial charge in [0, 0.05) is 17.4 Å². The van der Waals surface area contributed by atoms with Crippen LogP contribution in [0.5, 0.6) is 0 Å². The van der Waals surface area contributed by atoms with Crippen molar-refractivity contribution in [2.75, 3.05) is 0 Å². The number of carbonyl (C=O) groups excluding carboxylic acids is 4. The first kappa shape index (κ1) is 23.0. The van der Waals surface area contributed by atoms with Gasteiger partial charge in [0.2, 0.25) is 5.78 Å². The second-order valence-electron chi connectivity index (χ2n) is 7.73. The van der Waals surface area contributed by atoms with E-state index in [-0.39, 0.29) is 24.3 Å². The van der Waals surface area contributed by atoms with Gasteiger partial charge in [-0.15, -0.1) is 11.3 Å².